The van der Waals surface area contributed by atoms with E-state index in [9.17, 15) is 0 Å². The van der Waals surface area contributed by atoms with Crippen molar-refractivity contribution in [3.8, 4) is 11.1 Å². The fraction of sp³-hybridized carbons (Fsp3) is 0.304. The molecule has 1 saturated carbocycles. The number of thiocarbonyl (C=S) groups is 1. The second kappa shape index (κ2) is 7.32. The molecular formula is C23H24N6S. The van der Waals surface area contributed by atoms with Gasteiger partial charge < -0.3 is 10.6 Å². The van der Waals surface area contributed by atoms with E-state index in [1.165, 1.54) is 0 Å². The molecule has 30 heavy (non-hydrogen) atoms. The molecule has 5 rings (SSSR count). The number of anilines is 1. The zero-order valence-corrected chi connectivity index (χ0v) is 17.9. The lowest BCUT2D eigenvalue weighted by Gasteiger charge is -2.45. The van der Waals surface area contributed by atoms with Crippen molar-refractivity contribution in [3.63, 3.8) is 0 Å². The third-order valence-corrected chi connectivity index (χ3v) is 6.05. The fourth-order valence-corrected chi connectivity index (χ4v) is 4.42. The van der Waals surface area contributed by atoms with Gasteiger partial charge in [-0.1, -0.05) is 31.3 Å². The minimum atomic E-state index is 0.271. The Morgan fingerprint density at radius 3 is 2.93 bits per heavy atom. The van der Waals surface area contributed by atoms with Crippen LogP contribution in [-0.4, -0.2) is 37.2 Å². The van der Waals surface area contributed by atoms with Gasteiger partial charge in [0.15, 0.2) is 0 Å². The van der Waals surface area contributed by atoms with Crippen molar-refractivity contribution in [1.29, 1.82) is 0 Å². The second-order valence-electron chi connectivity index (χ2n) is 8.52. The Hall–Kier alpha value is -3.06. The molecule has 0 aliphatic heterocycles. The molecule has 0 radical (unpaired) electrons. The summed E-state index contributed by atoms with van der Waals surface area (Å²) in [5.41, 5.74) is 4.51. The third-order valence-electron chi connectivity index (χ3n) is 5.91. The van der Waals surface area contributed by atoms with Crippen LogP contribution in [0, 0.1) is 5.41 Å². The molecule has 1 aromatic carbocycles. The van der Waals surface area contributed by atoms with Gasteiger partial charge in [-0.3, -0.25) is 4.98 Å². The zero-order valence-electron chi connectivity index (χ0n) is 17.1. The summed E-state index contributed by atoms with van der Waals surface area (Å²) in [6.07, 6.45) is 7.85. The first-order chi connectivity index (χ1) is 14.5. The first kappa shape index (κ1) is 18.9. The standard InChI is InChI=1S/C23H24N6S/c1-15(30)26-14-23(2)11-18(12-23)27-22-25-13-21-19(7-9-29(21)28-22)16-5-6-20-17(10-16)4-3-8-24-20/h3-10,13,18H,11-12,14H2,1-2H3,(H,26,30)(H,27,28). The lowest BCUT2D eigenvalue weighted by atomic mass is 9.67. The zero-order chi connectivity index (χ0) is 20.7. The average molecular weight is 417 g/mol. The van der Waals surface area contributed by atoms with Gasteiger partial charge in [0.1, 0.15) is 0 Å². The summed E-state index contributed by atoms with van der Waals surface area (Å²) >= 11 is 5.12. The van der Waals surface area contributed by atoms with Crippen molar-refractivity contribution in [2.24, 2.45) is 5.41 Å². The summed E-state index contributed by atoms with van der Waals surface area (Å²) in [4.78, 5) is 9.83. The van der Waals surface area contributed by atoms with Crippen LogP contribution in [0.4, 0.5) is 5.95 Å². The molecule has 1 fully saturated rings. The topological polar surface area (TPSA) is 67.1 Å². The molecule has 0 atom stereocenters. The molecule has 0 bridgehead atoms. The van der Waals surface area contributed by atoms with E-state index in [1.807, 2.05) is 36.1 Å². The van der Waals surface area contributed by atoms with Crippen LogP contribution in [0.25, 0.3) is 27.5 Å². The second-order valence-corrected chi connectivity index (χ2v) is 9.13. The van der Waals surface area contributed by atoms with Gasteiger partial charge in [-0.25, -0.2) is 9.50 Å². The van der Waals surface area contributed by atoms with E-state index >= 15 is 0 Å². The Labute approximate surface area is 180 Å². The number of hydrogen-bond donors (Lipinski definition) is 2. The van der Waals surface area contributed by atoms with Crippen LogP contribution in [0.15, 0.2) is 55.0 Å². The normalized spacial score (nSPS) is 20.8. The molecule has 6 nitrogen and oxygen atoms in total. The highest BCUT2D eigenvalue weighted by Crippen LogP contribution is 2.41. The molecule has 3 aromatic heterocycles. The lowest BCUT2D eigenvalue weighted by Crippen LogP contribution is -2.49. The van der Waals surface area contributed by atoms with E-state index in [-0.39, 0.29) is 5.41 Å². The highest BCUT2D eigenvalue weighted by molar-refractivity contribution is 7.80. The van der Waals surface area contributed by atoms with Crippen LogP contribution in [0.1, 0.15) is 26.7 Å². The van der Waals surface area contributed by atoms with E-state index in [0.29, 0.717) is 12.0 Å². The number of rotatable bonds is 5. The monoisotopic (exact) mass is 416 g/mol. The van der Waals surface area contributed by atoms with Gasteiger partial charge in [0, 0.05) is 35.9 Å². The van der Waals surface area contributed by atoms with Crippen molar-refractivity contribution in [3.05, 3.63) is 55.0 Å². The van der Waals surface area contributed by atoms with E-state index in [2.05, 4.69) is 63.0 Å². The Morgan fingerprint density at radius 2 is 2.10 bits per heavy atom. The molecule has 152 valence electrons. The Morgan fingerprint density at radius 1 is 1.23 bits per heavy atom. The number of fused-ring (bicyclic) bond motifs is 2. The Bertz CT molecular complexity index is 1240. The predicted octanol–water partition coefficient (Wildman–Crippen LogP) is 4.46. The van der Waals surface area contributed by atoms with Crippen LogP contribution in [0.2, 0.25) is 0 Å². The van der Waals surface area contributed by atoms with Gasteiger partial charge in [0.2, 0.25) is 5.95 Å². The minimum absolute atomic E-state index is 0.271. The molecule has 0 amide bonds. The van der Waals surface area contributed by atoms with Gasteiger partial charge in [-0.15, -0.1) is 5.10 Å². The summed E-state index contributed by atoms with van der Waals surface area (Å²) in [5, 5.41) is 12.6. The highest BCUT2D eigenvalue weighted by Gasteiger charge is 2.40. The van der Waals surface area contributed by atoms with Crippen molar-refractivity contribution < 1.29 is 0 Å². The first-order valence-electron chi connectivity index (χ1n) is 10.2. The van der Waals surface area contributed by atoms with Crippen molar-refractivity contribution >= 4 is 39.6 Å². The number of aromatic nitrogens is 4. The van der Waals surface area contributed by atoms with Gasteiger partial charge in [0.25, 0.3) is 0 Å². The molecule has 7 heteroatoms. The average Bonchev–Trinajstić information content (AvgIpc) is 3.14. The summed E-state index contributed by atoms with van der Waals surface area (Å²) in [6.45, 7) is 5.14. The Kier molecular flexibility index (Phi) is 4.62. The maximum atomic E-state index is 5.12. The number of nitrogens with one attached hydrogen (secondary N) is 2. The van der Waals surface area contributed by atoms with Crippen LogP contribution in [-0.2, 0) is 0 Å². The van der Waals surface area contributed by atoms with E-state index in [4.69, 9.17) is 12.2 Å². The van der Waals surface area contributed by atoms with Crippen LogP contribution in [0.5, 0.6) is 0 Å². The number of benzene rings is 1. The number of hydrogen-bond acceptors (Lipinski definition) is 5. The summed E-state index contributed by atoms with van der Waals surface area (Å²) in [7, 11) is 0. The molecular weight excluding hydrogens is 392 g/mol. The smallest absolute Gasteiger partial charge is 0.241 e. The van der Waals surface area contributed by atoms with Gasteiger partial charge in [-0.05, 0) is 55.0 Å². The van der Waals surface area contributed by atoms with E-state index in [1.54, 1.807) is 0 Å². The van der Waals surface area contributed by atoms with Crippen molar-refractivity contribution in [2.75, 3.05) is 11.9 Å². The molecule has 2 N–H and O–H groups in total. The van der Waals surface area contributed by atoms with Gasteiger partial charge in [0.05, 0.1) is 22.2 Å². The molecule has 0 saturated heterocycles. The fourth-order valence-electron chi connectivity index (χ4n) is 4.35. The minimum Gasteiger partial charge on any atom is -0.379 e. The largest absolute Gasteiger partial charge is 0.379 e. The maximum absolute atomic E-state index is 5.12. The summed E-state index contributed by atoms with van der Waals surface area (Å²) < 4.78 is 1.90. The SMILES string of the molecule is CC(=S)NCC1(C)CC(Nc2ncc3c(-c4ccc5ncccc5c4)ccn3n2)C1. The van der Waals surface area contributed by atoms with Gasteiger partial charge >= 0.3 is 0 Å². The summed E-state index contributed by atoms with van der Waals surface area (Å²) in [5.74, 6) is 0.665. The van der Waals surface area contributed by atoms with E-state index in [0.717, 1.165) is 51.9 Å². The van der Waals surface area contributed by atoms with Crippen molar-refractivity contribution in [1.82, 2.24) is 24.9 Å². The lowest BCUT2D eigenvalue weighted by molar-refractivity contribution is 0.144. The van der Waals surface area contributed by atoms with Gasteiger partial charge in [-0.2, -0.15) is 0 Å². The Balaban J connectivity index is 1.32. The quantitative estimate of drug-likeness (QED) is 0.468. The first-order valence-corrected chi connectivity index (χ1v) is 10.6. The molecule has 3 heterocycles. The highest BCUT2D eigenvalue weighted by atomic mass is 32.1. The molecule has 1 aliphatic carbocycles. The van der Waals surface area contributed by atoms with Crippen LogP contribution < -0.4 is 10.6 Å². The third kappa shape index (κ3) is 3.61. The molecule has 0 spiro atoms. The molecule has 1 aliphatic rings. The van der Waals surface area contributed by atoms with Crippen LogP contribution >= 0.6 is 12.2 Å². The summed E-state index contributed by atoms with van der Waals surface area (Å²) in [6, 6.07) is 12.8. The number of pyridine rings is 1. The number of nitrogens with zero attached hydrogens (tertiary/aromatic N) is 4. The van der Waals surface area contributed by atoms with Crippen LogP contribution in [0.3, 0.4) is 0 Å². The van der Waals surface area contributed by atoms with Crippen molar-refractivity contribution in [2.45, 2.75) is 32.7 Å². The molecule has 0 unspecified atom stereocenters. The predicted molar refractivity (Wildman–Crippen MR) is 125 cm³/mol. The maximum Gasteiger partial charge on any atom is 0.241 e. The van der Waals surface area contributed by atoms with E-state index < -0.39 is 0 Å². The molecule has 4 aromatic rings.